The molecule has 0 aliphatic rings. The number of aliphatic hydroxyl groups excluding tert-OH is 2. The lowest BCUT2D eigenvalue weighted by Crippen LogP contribution is -2.12. The molecule has 0 aliphatic heterocycles. The number of primary amides is 1. The topological polar surface area (TPSA) is 83.6 Å². The molecule has 4 heteroatoms. The molecule has 0 heterocycles. The first-order valence-electron chi connectivity index (χ1n) is 3.84. The van der Waals surface area contributed by atoms with Crippen LogP contribution in [0.15, 0.2) is 24.3 Å². The Morgan fingerprint density at radius 2 is 2.23 bits per heavy atom. The quantitative estimate of drug-likeness (QED) is 0.604. The largest absolute Gasteiger partial charge is 0.393 e. The van der Waals surface area contributed by atoms with Crippen molar-refractivity contribution in [1.82, 2.24) is 0 Å². The van der Waals surface area contributed by atoms with Crippen molar-refractivity contribution >= 4 is 5.91 Å². The summed E-state index contributed by atoms with van der Waals surface area (Å²) in [6.07, 6.45) is -0.959. The molecule has 0 aliphatic carbocycles. The van der Waals surface area contributed by atoms with Crippen LogP contribution in [0.2, 0.25) is 0 Å². The minimum absolute atomic E-state index is 0.324. The minimum atomic E-state index is -0.959. The number of benzene rings is 1. The van der Waals surface area contributed by atoms with Gasteiger partial charge in [0.15, 0.2) is 0 Å². The third-order valence-corrected chi connectivity index (χ3v) is 1.73. The van der Waals surface area contributed by atoms with Crippen molar-refractivity contribution in [3.8, 4) is 0 Å². The van der Waals surface area contributed by atoms with E-state index in [1.165, 1.54) is 6.07 Å². The van der Waals surface area contributed by atoms with E-state index in [4.69, 9.17) is 10.8 Å². The van der Waals surface area contributed by atoms with Gasteiger partial charge in [-0.15, -0.1) is 0 Å². The van der Waals surface area contributed by atoms with Crippen molar-refractivity contribution in [3.05, 3.63) is 35.4 Å². The van der Waals surface area contributed by atoms with Crippen molar-refractivity contribution < 1.29 is 15.0 Å². The molecule has 13 heavy (non-hydrogen) atoms. The summed E-state index contributed by atoms with van der Waals surface area (Å²) in [6, 6.07) is 6.24. The molecule has 4 N–H and O–H groups in total. The van der Waals surface area contributed by atoms with Crippen molar-refractivity contribution in [2.45, 2.75) is 6.10 Å². The van der Waals surface area contributed by atoms with Gasteiger partial charge in [-0.05, 0) is 17.7 Å². The van der Waals surface area contributed by atoms with Gasteiger partial charge in [0.1, 0.15) is 6.10 Å². The molecule has 0 saturated carbocycles. The zero-order chi connectivity index (χ0) is 9.84. The van der Waals surface area contributed by atoms with Crippen molar-refractivity contribution in [3.63, 3.8) is 0 Å². The molecular formula is C9H11NO3. The second-order valence-corrected chi connectivity index (χ2v) is 2.69. The molecule has 0 radical (unpaired) electrons. The van der Waals surface area contributed by atoms with Crippen LogP contribution in [0.5, 0.6) is 0 Å². The molecule has 1 aromatic carbocycles. The van der Waals surface area contributed by atoms with E-state index in [0.29, 0.717) is 11.1 Å². The van der Waals surface area contributed by atoms with E-state index < -0.39 is 12.0 Å². The number of carbonyl (C=O) groups is 1. The van der Waals surface area contributed by atoms with Crippen LogP contribution in [0.3, 0.4) is 0 Å². The molecule has 4 nitrogen and oxygen atoms in total. The second kappa shape index (κ2) is 4.02. The van der Waals surface area contributed by atoms with Gasteiger partial charge in [-0.2, -0.15) is 0 Å². The molecule has 0 bridgehead atoms. The fraction of sp³-hybridized carbons (Fsp3) is 0.222. The Morgan fingerprint density at radius 1 is 1.54 bits per heavy atom. The van der Waals surface area contributed by atoms with Gasteiger partial charge in [-0.25, -0.2) is 0 Å². The SMILES string of the molecule is NC(=O)c1cccc(C(O)CO)c1. The highest BCUT2D eigenvalue weighted by atomic mass is 16.3. The van der Waals surface area contributed by atoms with E-state index in [2.05, 4.69) is 0 Å². The summed E-state index contributed by atoms with van der Waals surface area (Å²) in [5, 5.41) is 17.9. The summed E-state index contributed by atoms with van der Waals surface area (Å²) in [7, 11) is 0. The first kappa shape index (κ1) is 9.70. The van der Waals surface area contributed by atoms with Crippen LogP contribution < -0.4 is 5.73 Å². The fourth-order valence-corrected chi connectivity index (χ4v) is 1.00. The Labute approximate surface area is 75.6 Å². The summed E-state index contributed by atoms with van der Waals surface area (Å²) in [5.41, 5.74) is 5.85. The van der Waals surface area contributed by atoms with E-state index in [1.807, 2.05) is 0 Å². The van der Waals surface area contributed by atoms with Crippen molar-refractivity contribution in [2.75, 3.05) is 6.61 Å². The minimum Gasteiger partial charge on any atom is -0.393 e. The van der Waals surface area contributed by atoms with E-state index in [1.54, 1.807) is 18.2 Å². The van der Waals surface area contributed by atoms with Crippen LogP contribution >= 0.6 is 0 Å². The Balaban J connectivity index is 2.98. The van der Waals surface area contributed by atoms with Crippen molar-refractivity contribution in [1.29, 1.82) is 0 Å². The lowest BCUT2D eigenvalue weighted by molar-refractivity contribution is 0.0950. The third-order valence-electron chi connectivity index (χ3n) is 1.73. The van der Waals surface area contributed by atoms with Crippen LogP contribution in [0.4, 0.5) is 0 Å². The summed E-state index contributed by atoms with van der Waals surface area (Å²) in [5.74, 6) is -0.549. The summed E-state index contributed by atoms with van der Waals surface area (Å²) in [6.45, 7) is -0.373. The zero-order valence-electron chi connectivity index (χ0n) is 6.97. The molecule has 0 saturated heterocycles. The summed E-state index contributed by atoms with van der Waals surface area (Å²) >= 11 is 0. The van der Waals surface area contributed by atoms with Crippen LogP contribution in [0.25, 0.3) is 0 Å². The zero-order valence-corrected chi connectivity index (χ0v) is 6.97. The highest BCUT2D eigenvalue weighted by molar-refractivity contribution is 5.92. The Bertz CT molecular complexity index is 311. The van der Waals surface area contributed by atoms with Gasteiger partial charge >= 0.3 is 0 Å². The average molecular weight is 181 g/mol. The lowest BCUT2D eigenvalue weighted by Gasteiger charge is -2.07. The molecule has 1 rings (SSSR count). The van der Waals surface area contributed by atoms with Gasteiger partial charge in [0.25, 0.3) is 0 Å². The van der Waals surface area contributed by atoms with Gasteiger partial charge < -0.3 is 15.9 Å². The number of amides is 1. The smallest absolute Gasteiger partial charge is 0.248 e. The predicted molar refractivity (Wildman–Crippen MR) is 47.0 cm³/mol. The molecule has 0 fully saturated rings. The maximum absolute atomic E-state index is 10.7. The van der Waals surface area contributed by atoms with E-state index in [-0.39, 0.29) is 6.61 Å². The van der Waals surface area contributed by atoms with Gasteiger partial charge in [-0.1, -0.05) is 12.1 Å². The normalized spacial score (nSPS) is 12.5. The maximum atomic E-state index is 10.7. The second-order valence-electron chi connectivity index (χ2n) is 2.69. The molecule has 0 spiro atoms. The van der Waals surface area contributed by atoms with Crippen LogP contribution in [-0.4, -0.2) is 22.7 Å². The molecule has 0 aromatic heterocycles. The van der Waals surface area contributed by atoms with E-state index in [0.717, 1.165) is 0 Å². The van der Waals surface area contributed by atoms with Crippen molar-refractivity contribution in [2.24, 2.45) is 5.73 Å². The van der Waals surface area contributed by atoms with Gasteiger partial charge in [-0.3, -0.25) is 4.79 Å². The Morgan fingerprint density at radius 3 is 2.77 bits per heavy atom. The molecule has 1 atom stereocenters. The first-order valence-corrected chi connectivity index (χ1v) is 3.84. The van der Waals surface area contributed by atoms with E-state index in [9.17, 15) is 9.90 Å². The predicted octanol–water partition coefficient (Wildman–Crippen LogP) is -0.189. The molecule has 1 unspecified atom stereocenters. The summed E-state index contributed by atoms with van der Waals surface area (Å²) in [4.78, 5) is 10.7. The van der Waals surface area contributed by atoms with Gasteiger partial charge in [0.05, 0.1) is 6.61 Å². The van der Waals surface area contributed by atoms with E-state index >= 15 is 0 Å². The Kier molecular flexibility index (Phi) is 3.00. The Hall–Kier alpha value is -1.39. The molecular weight excluding hydrogens is 170 g/mol. The number of rotatable bonds is 3. The van der Waals surface area contributed by atoms with Gasteiger partial charge in [0.2, 0.25) is 5.91 Å². The summed E-state index contributed by atoms with van der Waals surface area (Å²) < 4.78 is 0. The maximum Gasteiger partial charge on any atom is 0.248 e. The standard InChI is InChI=1S/C9H11NO3/c10-9(13)7-3-1-2-6(4-7)8(12)5-11/h1-4,8,11-12H,5H2,(H2,10,13). The highest BCUT2D eigenvalue weighted by Crippen LogP contribution is 2.13. The third kappa shape index (κ3) is 2.27. The number of nitrogens with two attached hydrogens (primary N) is 1. The number of hydrogen-bond acceptors (Lipinski definition) is 3. The van der Waals surface area contributed by atoms with Crippen LogP contribution in [0, 0.1) is 0 Å². The average Bonchev–Trinajstić information content (AvgIpc) is 2.17. The highest BCUT2D eigenvalue weighted by Gasteiger charge is 2.07. The molecule has 1 amide bonds. The molecule has 1 aromatic rings. The van der Waals surface area contributed by atoms with Crippen LogP contribution in [0.1, 0.15) is 22.0 Å². The monoisotopic (exact) mass is 181 g/mol. The number of aliphatic hydroxyl groups is 2. The lowest BCUT2D eigenvalue weighted by atomic mass is 10.1. The van der Waals surface area contributed by atoms with Crippen LogP contribution in [-0.2, 0) is 0 Å². The molecule has 70 valence electrons. The number of carbonyl (C=O) groups excluding carboxylic acids is 1. The van der Waals surface area contributed by atoms with Gasteiger partial charge in [0, 0.05) is 5.56 Å². The first-order chi connectivity index (χ1) is 6.15. The number of hydrogen-bond donors (Lipinski definition) is 3. The fourth-order valence-electron chi connectivity index (χ4n) is 1.00.